The highest BCUT2D eigenvalue weighted by Crippen LogP contribution is 2.31. The maximum Gasteiger partial charge on any atom is 0.240 e. The number of piperazine rings is 1. The first kappa shape index (κ1) is 21.7. The van der Waals surface area contributed by atoms with Gasteiger partial charge < -0.3 is 19.7 Å². The molecule has 8 nitrogen and oxygen atoms in total. The highest BCUT2D eigenvalue weighted by molar-refractivity contribution is 7.89. The van der Waals surface area contributed by atoms with Gasteiger partial charge in [0, 0.05) is 51.1 Å². The number of sulfonamides is 1. The maximum atomic E-state index is 12.5. The number of halogens is 1. The summed E-state index contributed by atoms with van der Waals surface area (Å²) >= 11 is 0. The van der Waals surface area contributed by atoms with Crippen molar-refractivity contribution >= 4 is 28.3 Å². The average Bonchev–Trinajstić information content (AvgIpc) is 2.86. The van der Waals surface area contributed by atoms with Crippen molar-refractivity contribution in [3.63, 3.8) is 0 Å². The first-order valence-corrected chi connectivity index (χ1v) is 10.4. The van der Waals surface area contributed by atoms with Gasteiger partial charge in [0.05, 0.1) is 18.1 Å². The monoisotopic (exact) mass is 419 g/mol. The first-order valence-electron chi connectivity index (χ1n) is 8.87. The van der Waals surface area contributed by atoms with Gasteiger partial charge in [-0.25, -0.2) is 13.1 Å². The van der Waals surface area contributed by atoms with E-state index in [4.69, 9.17) is 9.47 Å². The van der Waals surface area contributed by atoms with Crippen molar-refractivity contribution in [3.8, 4) is 11.5 Å². The average molecular weight is 420 g/mol. The Morgan fingerprint density at radius 2 is 2.04 bits per heavy atom. The number of nitrogens with one attached hydrogen (secondary N) is 2. The largest absolute Gasteiger partial charge is 0.490 e. The second-order valence-corrected chi connectivity index (χ2v) is 8.21. The van der Waals surface area contributed by atoms with Crippen molar-refractivity contribution < 1.29 is 22.7 Å². The van der Waals surface area contributed by atoms with E-state index < -0.39 is 10.0 Å². The van der Waals surface area contributed by atoms with E-state index in [0.717, 1.165) is 19.5 Å². The third kappa shape index (κ3) is 5.47. The molecule has 27 heavy (non-hydrogen) atoms. The second-order valence-electron chi connectivity index (χ2n) is 6.45. The molecule has 0 unspecified atom stereocenters. The zero-order chi connectivity index (χ0) is 18.6. The Morgan fingerprint density at radius 3 is 2.78 bits per heavy atom. The number of hydrogen-bond acceptors (Lipinski definition) is 6. The highest BCUT2D eigenvalue weighted by atomic mass is 35.5. The van der Waals surface area contributed by atoms with E-state index in [0.29, 0.717) is 31.3 Å². The Labute approximate surface area is 166 Å². The van der Waals surface area contributed by atoms with Crippen molar-refractivity contribution in [1.82, 2.24) is 14.9 Å². The second kappa shape index (κ2) is 9.59. The van der Waals surface area contributed by atoms with Crippen LogP contribution in [0, 0.1) is 0 Å². The molecule has 0 aromatic heterocycles. The van der Waals surface area contributed by atoms with Crippen LogP contribution in [0.3, 0.4) is 0 Å². The van der Waals surface area contributed by atoms with Gasteiger partial charge in [-0.2, -0.15) is 0 Å². The van der Waals surface area contributed by atoms with Crippen LogP contribution in [0.25, 0.3) is 0 Å². The van der Waals surface area contributed by atoms with Crippen LogP contribution in [0.15, 0.2) is 23.1 Å². The lowest BCUT2D eigenvalue weighted by Gasteiger charge is -2.34. The molecule has 2 N–H and O–H groups in total. The van der Waals surface area contributed by atoms with Crippen LogP contribution < -0.4 is 19.5 Å². The molecule has 1 fully saturated rings. The summed E-state index contributed by atoms with van der Waals surface area (Å²) in [5, 5.41) is 3.22. The van der Waals surface area contributed by atoms with E-state index in [9.17, 15) is 13.2 Å². The summed E-state index contributed by atoms with van der Waals surface area (Å²) in [6.07, 6.45) is 0.885. The lowest BCUT2D eigenvalue weighted by atomic mass is 10.2. The van der Waals surface area contributed by atoms with Crippen LogP contribution in [-0.4, -0.2) is 64.7 Å². The fourth-order valence-electron chi connectivity index (χ4n) is 3.04. The number of rotatable bonds is 5. The minimum atomic E-state index is -3.71. The summed E-state index contributed by atoms with van der Waals surface area (Å²) in [5.74, 6) is 0.931. The van der Waals surface area contributed by atoms with Gasteiger partial charge in [0.1, 0.15) is 0 Å². The number of ether oxygens (including phenoxy) is 2. The van der Waals surface area contributed by atoms with Crippen LogP contribution in [-0.2, 0) is 14.8 Å². The molecule has 2 aliphatic heterocycles. The van der Waals surface area contributed by atoms with Crippen LogP contribution >= 0.6 is 12.4 Å². The molecule has 0 spiro atoms. The van der Waals surface area contributed by atoms with E-state index in [1.807, 2.05) is 6.92 Å². The fourth-order valence-corrected chi connectivity index (χ4v) is 4.09. The zero-order valence-electron chi connectivity index (χ0n) is 15.3. The number of benzene rings is 1. The van der Waals surface area contributed by atoms with Crippen molar-refractivity contribution in [3.05, 3.63) is 18.2 Å². The van der Waals surface area contributed by atoms with Gasteiger partial charge in [-0.3, -0.25) is 4.79 Å². The van der Waals surface area contributed by atoms with E-state index in [1.54, 1.807) is 11.0 Å². The van der Waals surface area contributed by atoms with Gasteiger partial charge in [-0.1, -0.05) is 0 Å². The van der Waals surface area contributed by atoms with Crippen LogP contribution in [0.1, 0.15) is 19.8 Å². The lowest BCUT2D eigenvalue weighted by Crippen LogP contribution is -2.52. The van der Waals surface area contributed by atoms with Crippen molar-refractivity contribution in [2.45, 2.75) is 30.7 Å². The number of carbonyl (C=O) groups is 1. The maximum absolute atomic E-state index is 12.5. The minimum Gasteiger partial charge on any atom is -0.490 e. The molecule has 0 saturated carbocycles. The molecule has 0 aliphatic carbocycles. The fraction of sp³-hybridized carbons (Fsp3) is 0.588. The summed E-state index contributed by atoms with van der Waals surface area (Å²) < 4.78 is 38.5. The van der Waals surface area contributed by atoms with E-state index >= 15 is 0 Å². The molecule has 1 amide bonds. The van der Waals surface area contributed by atoms with Gasteiger partial charge >= 0.3 is 0 Å². The topological polar surface area (TPSA) is 97.0 Å². The van der Waals surface area contributed by atoms with E-state index in [-0.39, 0.29) is 42.2 Å². The molecule has 1 aromatic carbocycles. The molecular weight excluding hydrogens is 394 g/mol. The SMILES string of the molecule is C[C@H]1CNCCN1C(=O)CCNS(=O)(=O)c1ccc2c(c1)OCCCO2.Cl. The molecule has 10 heteroatoms. The standard InChI is InChI=1S/C17H25N3O5S.ClH/c1-13-12-18-7-8-20(13)17(21)5-6-19-26(22,23)14-3-4-15-16(11-14)25-10-2-9-24-15;/h3-4,11,13,18-19H,2,5-10,12H2,1H3;1H/t13-;/m0./s1. The predicted molar refractivity (Wildman–Crippen MR) is 103 cm³/mol. The number of carbonyl (C=O) groups excluding carboxylic acids is 1. The highest BCUT2D eigenvalue weighted by Gasteiger charge is 2.23. The number of hydrogen-bond donors (Lipinski definition) is 2. The Bertz CT molecular complexity index is 759. The molecule has 0 bridgehead atoms. The molecule has 2 aliphatic rings. The Hall–Kier alpha value is -1.55. The summed E-state index contributed by atoms with van der Waals surface area (Å²) in [7, 11) is -3.71. The number of nitrogens with zero attached hydrogens (tertiary/aromatic N) is 1. The number of amides is 1. The van der Waals surface area contributed by atoms with E-state index in [1.165, 1.54) is 12.1 Å². The van der Waals surface area contributed by atoms with Crippen molar-refractivity contribution in [1.29, 1.82) is 0 Å². The van der Waals surface area contributed by atoms with Gasteiger partial charge in [0.2, 0.25) is 15.9 Å². The molecule has 0 radical (unpaired) electrons. The quantitative estimate of drug-likeness (QED) is 0.731. The van der Waals surface area contributed by atoms with E-state index in [2.05, 4.69) is 10.0 Å². The molecule has 1 saturated heterocycles. The van der Waals surface area contributed by atoms with Crippen molar-refractivity contribution in [2.24, 2.45) is 0 Å². The van der Waals surface area contributed by atoms with Crippen LogP contribution in [0.4, 0.5) is 0 Å². The molecule has 1 aromatic rings. The third-order valence-corrected chi connectivity index (χ3v) is 5.94. The lowest BCUT2D eigenvalue weighted by molar-refractivity contribution is -0.133. The smallest absolute Gasteiger partial charge is 0.240 e. The van der Waals surface area contributed by atoms with Gasteiger partial charge in [-0.05, 0) is 19.1 Å². The number of fused-ring (bicyclic) bond motifs is 1. The Kier molecular flexibility index (Phi) is 7.72. The van der Waals surface area contributed by atoms with Crippen LogP contribution in [0.5, 0.6) is 11.5 Å². The molecular formula is C17H26ClN3O5S. The molecule has 1 atom stereocenters. The minimum absolute atomic E-state index is 0. The summed E-state index contributed by atoms with van der Waals surface area (Å²) in [5.41, 5.74) is 0. The summed E-state index contributed by atoms with van der Waals surface area (Å²) in [6.45, 7) is 5.24. The Morgan fingerprint density at radius 1 is 1.30 bits per heavy atom. The van der Waals surface area contributed by atoms with Gasteiger partial charge in [0.25, 0.3) is 0 Å². The third-order valence-electron chi connectivity index (χ3n) is 4.48. The molecule has 152 valence electrons. The predicted octanol–water partition coefficient (Wildman–Crippen LogP) is 0.758. The summed E-state index contributed by atoms with van der Waals surface area (Å²) in [4.78, 5) is 14.2. The zero-order valence-corrected chi connectivity index (χ0v) is 16.9. The normalized spacial score (nSPS) is 19.7. The Balaban J connectivity index is 0.00000261. The first-order chi connectivity index (χ1) is 12.5. The molecule has 2 heterocycles. The molecule has 3 rings (SSSR count). The summed E-state index contributed by atoms with van der Waals surface area (Å²) in [6, 6.07) is 4.66. The van der Waals surface area contributed by atoms with Crippen LogP contribution in [0.2, 0.25) is 0 Å². The van der Waals surface area contributed by atoms with Gasteiger partial charge in [-0.15, -0.1) is 12.4 Å². The van der Waals surface area contributed by atoms with Crippen molar-refractivity contribution in [2.75, 3.05) is 39.4 Å². The van der Waals surface area contributed by atoms with Gasteiger partial charge in [0.15, 0.2) is 11.5 Å².